The van der Waals surface area contributed by atoms with Crippen molar-refractivity contribution in [2.24, 2.45) is 0 Å². The Labute approximate surface area is 151 Å². The summed E-state index contributed by atoms with van der Waals surface area (Å²) in [5.74, 6) is 0.869. The first-order chi connectivity index (χ1) is 11.4. The van der Waals surface area contributed by atoms with Gasteiger partial charge in [-0.05, 0) is 49.7 Å². The number of ether oxygens (including phenoxy) is 1. The van der Waals surface area contributed by atoms with Crippen LogP contribution in [0.3, 0.4) is 0 Å². The highest BCUT2D eigenvalue weighted by Crippen LogP contribution is 2.20. The van der Waals surface area contributed by atoms with Crippen molar-refractivity contribution in [3.8, 4) is 5.75 Å². The number of hydrogen-bond donors (Lipinski definition) is 2. The molecular weight excluding hydrogens is 368 g/mol. The number of likely N-dealkylation sites (N-methyl/N-ethyl adjacent to an activating group) is 1. The van der Waals surface area contributed by atoms with Gasteiger partial charge in [-0.25, -0.2) is 0 Å². The summed E-state index contributed by atoms with van der Waals surface area (Å²) in [6.07, 6.45) is 0. The number of methoxy groups -OCH3 is 1. The first kappa shape index (κ1) is 18.5. The molecule has 2 rings (SSSR count). The molecule has 0 spiro atoms. The van der Waals surface area contributed by atoms with Crippen molar-refractivity contribution in [1.82, 2.24) is 0 Å². The van der Waals surface area contributed by atoms with Gasteiger partial charge < -0.3 is 15.0 Å². The summed E-state index contributed by atoms with van der Waals surface area (Å²) >= 11 is 3.43. The Morgan fingerprint density at radius 2 is 1.96 bits per heavy atom. The van der Waals surface area contributed by atoms with E-state index in [2.05, 4.69) is 34.2 Å². The second-order valence-electron chi connectivity index (χ2n) is 6.13. The molecule has 128 valence electrons. The lowest BCUT2D eigenvalue weighted by molar-refractivity contribution is -0.885. The number of anilines is 1. The fourth-order valence-electron chi connectivity index (χ4n) is 2.67. The van der Waals surface area contributed by atoms with E-state index in [1.165, 1.54) is 5.56 Å². The van der Waals surface area contributed by atoms with Crippen molar-refractivity contribution in [1.29, 1.82) is 0 Å². The normalized spacial score (nSPS) is 11.9. The van der Waals surface area contributed by atoms with Crippen molar-refractivity contribution in [2.75, 3.05) is 26.0 Å². The summed E-state index contributed by atoms with van der Waals surface area (Å²) in [4.78, 5) is 13.4. The minimum Gasteiger partial charge on any atom is -0.496 e. The van der Waals surface area contributed by atoms with E-state index in [0.717, 1.165) is 38.5 Å². The molecule has 0 fully saturated rings. The van der Waals surface area contributed by atoms with Crippen LogP contribution in [0.4, 0.5) is 5.69 Å². The van der Waals surface area contributed by atoms with Crippen LogP contribution < -0.4 is 15.0 Å². The standard InChI is InChI=1S/C19H23BrN2O2/c1-13-5-8-18(24-4)15(9-13)11-22(3)12-19(23)21-17-7-6-16(20)10-14(17)2/h5-10H,11-12H2,1-4H3,(H,21,23)/p+1. The zero-order valence-corrected chi connectivity index (χ0v) is 16.2. The number of carbonyl (C=O) groups excluding carboxylic acids is 1. The lowest BCUT2D eigenvalue weighted by atomic mass is 10.1. The summed E-state index contributed by atoms with van der Waals surface area (Å²) < 4.78 is 6.42. The van der Waals surface area contributed by atoms with Crippen LogP contribution in [0.15, 0.2) is 40.9 Å². The molecule has 0 saturated carbocycles. The molecular formula is C19H24BrN2O2+. The van der Waals surface area contributed by atoms with E-state index in [1.54, 1.807) is 7.11 Å². The number of aryl methyl sites for hydroxylation is 2. The van der Waals surface area contributed by atoms with Crippen molar-refractivity contribution in [3.05, 3.63) is 57.6 Å². The SMILES string of the molecule is COc1ccc(C)cc1C[NH+](C)CC(=O)Nc1ccc(Br)cc1C. The van der Waals surface area contributed by atoms with Gasteiger partial charge in [0.25, 0.3) is 5.91 Å². The molecule has 1 amide bonds. The van der Waals surface area contributed by atoms with E-state index in [-0.39, 0.29) is 5.91 Å². The van der Waals surface area contributed by atoms with E-state index < -0.39 is 0 Å². The highest BCUT2D eigenvalue weighted by atomic mass is 79.9. The van der Waals surface area contributed by atoms with Crippen LogP contribution in [0, 0.1) is 13.8 Å². The molecule has 1 unspecified atom stereocenters. The summed E-state index contributed by atoms with van der Waals surface area (Å²) in [6, 6.07) is 11.9. The smallest absolute Gasteiger partial charge is 0.279 e. The lowest BCUT2D eigenvalue weighted by Crippen LogP contribution is -3.08. The van der Waals surface area contributed by atoms with Gasteiger partial charge in [-0.1, -0.05) is 27.6 Å². The van der Waals surface area contributed by atoms with Gasteiger partial charge in [0.2, 0.25) is 0 Å². The molecule has 0 radical (unpaired) electrons. The molecule has 1 atom stereocenters. The number of halogens is 1. The summed E-state index contributed by atoms with van der Waals surface area (Å²) in [7, 11) is 3.68. The van der Waals surface area contributed by atoms with Crippen LogP contribution in [0.1, 0.15) is 16.7 Å². The number of hydrogen-bond acceptors (Lipinski definition) is 2. The molecule has 24 heavy (non-hydrogen) atoms. The maximum absolute atomic E-state index is 12.3. The van der Waals surface area contributed by atoms with E-state index >= 15 is 0 Å². The Hall–Kier alpha value is -1.85. The predicted molar refractivity (Wildman–Crippen MR) is 101 cm³/mol. The van der Waals surface area contributed by atoms with Crippen LogP contribution in [0.2, 0.25) is 0 Å². The van der Waals surface area contributed by atoms with Crippen molar-refractivity contribution in [2.45, 2.75) is 20.4 Å². The molecule has 0 aliphatic carbocycles. The van der Waals surface area contributed by atoms with Crippen LogP contribution in [-0.2, 0) is 11.3 Å². The molecule has 0 saturated heterocycles. The van der Waals surface area contributed by atoms with E-state index in [0.29, 0.717) is 6.54 Å². The molecule has 0 bridgehead atoms. The quantitative estimate of drug-likeness (QED) is 0.794. The minimum absolute atomic E-state index is 0.00421. The third-order valence-corrected chi connectivity index (χ3v) is 4.35. The number of nitrogens with one attached hydrogen (secondary N) is 2. The first-order valence-corrected chi connectivity index (χ1v) is 8.69. The summed E-state index contributed by atoms with van der Waals surface area (Å²) in [5, 5.41) is 2.98. The molecule has 2 aromatic rings. The maximum atomic E-state index is 12.3. The van der Waals surface area contributed by atoms with Gasteiger partial charge in [0.15, 0.2) is 6.54 Å². The summed E-state index contributed by atoms with van der Waals surface area (Å²) in [5.41, 5.74) is 4.19. The fourth-order valence-corrected chi connectivity index (χ4v) is 3.14. The number of benzene rings is 2. The van der Waals surface area contributed by atoms with Crippen LogP contribution in [0.25, 0.3) is 0 Å². The third-order valence-electron chi connectivity index (χ3n) is 3.85. The van der Waals surface area contributed by atoms with E-state index in [9.17, 15) is 4.79 Å². The zero-order chi connectivity index (χ0) is 17.7. The molecule has 2 aromatic carbocycles. The van der Waals surface area contributed by atoms with Gasteiger partial charge in [-0.3, -0.25) is 4.79 Å². The van der Waals surface area contributed by atoms with Crippen molar-refractivity contribution < 1.29 is 14.4 Å². The lowest BCUT2D eigenvalue weighted by Gasteiger charge is -2.16. The molecule has 2 N–H and O–H groups in total. The number of quaternary nitrogens is 1. The second-order valence-corrected chi connectivity index (χ2v) is 7.05. The number of carbonyl (C=O) groups is 1. The van der Waals surface area contributed by atoms with Gasteiger partial charge >= 0.3 is 0 Å². The Morgan fingerprint density at radius 3 is 2.62 bits per heavy atom. The molecule has 0 aromatic heterocycles. The minimum atomic E-state index is 0.00421. The van der Waals surface area contributed by atoms with Gasteiger partial charge in [-0.15, -0.1) is 0 Å². The van der Waals surface area contributed by atoms with Crippen molar-refractivity contribution in [3.63, 3.8) is 0 Å². The fraction of sp³-hybridized carbons (Fsp3) is 0.316. The van der Waals surface area contributed by atoms with Gasteiger partial charge in [0.05, 0.1) is 14.2 Å². The second kappa shape index (κ2) is 8.31. The number of amides is 1. The first-order valence-electron chi connectivity index (χ1n) is 7.90. The molecule has 0 aliphatic heterocycles. The largest absolute Gasteiger partial charge is 0.496 e. The van der Waals surface area contributed by atoms with Gasteiger partial charge in [-0.2, -0.15) is 0 Å². The Bertz CT molecular complexity index is 731. The Balaban J connectivity index is 1.98. The Morgan fingerprint density at radius 1 is 1.21 bits per heavy atom. The van der Waals surface area contributed by atoms with Crippen molar-refractivity contribution >= 4 is 27.5 Å². The maximum Gasteiger partial charge on any atom is 0.279 e. The monoisotopic (exact) mass is 391 g/mol. The molecule has 0 heterocycles. The van der Waals surface area contributed by atoms with E-state index in [4.69, 9.17) is 4.74 Å². The van der Waals surface area contributed by atoms with Crippen LogP contribution in [0.5, 0.6) is 5.75 Å². The summed E-state index contributed by atoms with van der Waals surface area (Å²) in [6.45, 7) is 5.17. The van der Waals surface area contributed by atoms with Gasteiger partial charge in [0.1, 0.15) is 12.3 Å². The Kier molecular flexibility index (Phi) is 6.40. The highest BCUT2D eigenvalue weighted by molar-refractivity contribution is 9.10. The predicted octanol–water partition coefficient (Wildman–Crippen LogP) is 2.73. The molecule has 5 heteroatoms. The average molecular weight is 392 g/mol. The zero-order valence-electron chi connectivity index (χ0n) is 14.6. The van der Waals surface area contributed by atoms with E-state index in [1.807, 2.05) is 44.3 Å². The highest BCUT2D eigenvalue weighted by Gasteiger charge is 2.14. The topological polar surface area (TPSA) is 42.8 Å². The molecule has 4 nitrogen and oxygen atoms in total. The average Bonchev–Trinajstić information content (AvgIpc) is 2.50. The third kappa shape index (κ3) is 5.08. The van der Waals surface area contributed by atoms with Gasteiger partial charge in [0, 0.05) is 15.7 Å². The van der Waals surface area contributed by atoms with Crippen LogP contribution >= 0.6 is 15.9 Å². The molecule has 0 aliphatic rings. The van der Waals surface area contributed by atoms with Crippen LogP contribution in [-0.4, -0.2) is 26.6 Å². The number of rotatable bonds is 6.